The summed E-state index contributed by atoms with van der Waals surface area (Å²) < 4.78 is 4.55. The normalized spacial score (nSPS) is 23.6. The van der Waals surface area contributed by atoms with Crippen LogP contribution in [0.1, 0.15) is 19.3 Å². The van der Waals surface area contributed by atoms with Gasteiger partial charge in [0.2, 0.25) is 0 Å². The maximum Gasteiger partial charge on any atom is 0.294 e. The molecule has 1 saturated carbocycles. The van der Waals surface area contributed by atoms with Crippen molar-refractivity contribution in [3.8, 4) is 0 Å². The molecule has 0 aliphatic heterocycles. The number of hydrogen-bond acceptors (Lipinski definition) is 2. The first-order valence-corrected chi connectivity index (χ1v) is 2.95. The van der Waals surface area contributed by atoms with Crippen molar-refractivity contribution in [3.05, 3.63) is 0 Å². The van der Waals surface area contributed by atoms with Crippen molar-refractivity contribution in [3.63, 3.8) is 0 Å². The summed E-state index contributed by atoms with van der Waals surface area (Å²) in [5.74, 6) is 0. The SMILES string of the molecule is O=COC1(Cl)CCC1. The fourth-order valence-electron chi connectivity index (χ4n) is 0.659. The van der Waals surface area contributed by atoms with E-state index in [4.69, 9.17) is 11.6 Å². The van der Waals surface area contributed by atoms with Gasteiger partial charge in [0.1, 0.15) is 0 Å². The third kappa shape index (κ3) is 0.944. The van der Waals surface area contributed by atoms with E-state index < -0.39 is 5.06 Å². The van der Waals surface area contributed by atoms with Crippen LogP contribution in [-0.4, -0.2) is 11.5 Å². The van der Waals surface area contributed by atoms with Gasteiger partial charge in [-0.25, -0.2) is 0 Å². The largest absolute Gasteiger partial charge is 0.445 e. The van der Waals surface area contributed by atoms with E-state index in [2.05, 4.69) is 4.74 Å². The zero-order chi connectivity index (χ0) is 6.04. The Balaban J connectivity index is 2.29. The molecule has 0 atom stereocenters. The van der Waals surface area contributed by atoms with Crippen molar-refractivity contribution < 1.29 is 9.53 Å². The first-order valence-electron chi connectivity index (χ1n) is 2.57. The molecular weight excluding hydrogens is 128 g/mol. The molecule has 0 amide bonds. The van der Waals surface area contributed by atoms with Crippen LogP contribution >= 0.6 is 11.6 Å². The highest BCUT2D eigenvalue weighted by molar-refractivity contribution is 6.23. The van der Waals surface area contributed by atoms with Crippen LogP contribution in [-0.2, 0) is 9.53 Å². The molecule has 2 nitrogen and oxygen atoms in total. The van der Waals surface area contributed by atoms with Gasteiger partial charge in [0.15, 0.2) is 5.06 Å². The van der Waals surface area contributed by atoms with Crippen LogP contribution in [0.4, 0.5) is 0 Å². The monoisotopic (exact) mass is 134 g/mol. The number of carbonyl (C=O) groups excluding carboxylic acids is 1. The number of carbonyl (C=O) groups is 1. The highest BCUT2D eigenvalue weighted by Gasteiger charge is 2.36. The zero-order valence-electron chi connectivity index (χ0n) is 4.39. The van der Waals surface area contributed by atoms with Gasteiger partial charge in [0.25, 0.3) is 6.47 Å². The molecule has 0 bridgehead atoms. The summed E-state index contributed by atoms with van der Waals surface area (Å²) in [6.45, 7) is 0.409. The minimum atomic E-state index is -0.623. The predicted molar refractivity (Wildman–Crippen MR) is 29.6 cm³/mol. The predicted octanol–water partition coefficient (Wildman–Crippen LogP) is 1.28. The fraction of sp³-hybridized carbons (Fsp3) is 0.800. The molecule has 0 aromatic rings. The van der Waals surface area contributed by atoms with Gasteiger partial charge in [-0.3, -0.25) is 4.79 Å². The molecule has 0 saturated heterocycles. The van der Waals surface area contributed by atoms with Gasteiger partial charge in [-0.2, -0.15) is 0 Å². The maximum absolute atomic E-state index is 9.71. The van der Waals surface area contributed by atoms with Crippen LogP contribution in [0.15, 0.2) is 0 Å². The minimum Gasteiger partial charge on any atom is -0.445 e. The summed E-state index contributed by atoms with van der Waals surface area (Å²) in [6.07, 6.45) is 2.66. The van der Waals surface area contributed by atoms with Gasteiger partial charge in [-0.05, 0) is 6.42 Å². The van der Waals surface area contributed by atoms with Crippen LogP contribution < -0.4 is 0 Å². The molecule has 0 radical (unpaired) electrons. The number of rotatable bonds is 2. The van der Waals surface area contributed by atoms with Gasteiger partial charge >= 0.3 is 0 Å². The first kappa shape index (κ1) is 5.89. The third-order valence-corrected chi connectivity index (χ3v) is 1.83. The van der Waals surface area contributed by atoms with E-state index in [1.54, 1.807) is 0 Å². The fourth-order valence-corrected chi connectivity index (χ4v) is 0.962. The van der Waals surface area contributed by atoms with Gasteiger partial charge in [-0.1, -0.05) is 11.6 Å². The lowest BCUT2D eigenvalue weighted by Crippen LogP contribution is -2.32. The molecule has 46 valence electrons. The summed E-state index contributed by atoms with van der Waals surface area (Å²) in [6, 6.07) is 0. The Morgan fingerprint density at radius 3 is 2.38 bits per heavy atom. The number of ether oxygens (including phenoxy) is 1. The van der Waals surface area contributed by atoms with Gasteiger partial charge in [-0.15, -0.1) is 0 Å². The highest BCUT2D eigenvalue weighted by Crippen LogP contribution is 2.38. The second-order valence-electron chi connectivity index (χ2n) is 1.95. The molecule has 1 aliphatic carbocycles. The zero-order valence-corrected chi connectivity index (χ0v) is 5.15. The van der Waals surface area contributed by atoms with E-state index in [1.165, 1.54) is 0 Å². The van der Waals surface area contributed by atoms with Crippen molar-refractivity contribution in [1.29, 1.82) is 0 Å². The van der Waals surface area contributed by atoms with E-state index in [9.17, 15) is 4.79 Å². The standard InChI is InChI=1S/C5H7ClO2/c6-5(8-4-7)2-1-3-5/h4H,1-3H2. The lowest BCUT2D eigenvalue weighted by Gasteiger charge is -2.32. The molecule has 0 aromatic heterocycles. The number of hydrogen-bond donors (Lipinski definition) is 0. The van der Waals surface area contributed by atoms with Crippen molar-refractivity contribution in [1.82, 2.24) is 0 Å². The quantitative estimate of drug-likeness (QED) is 0.420. The first-order chi connectivity index (χ1) is 3.77. The Labute approximate surface area is 52.8 Å². The van der Waals surface area contributed by atoms with Crippen molar-refractivity contribution >= 4 is 18.1 Å². The van der Waals surface area contributed by atoms with Gasteiger partial charge < -0.3 is 4.74 Å². The molecule has 1 rings (SSSR count). The smallest absolute Gasteiger partial charge is 0.294 e. The molecule has 0 spiro atoms. The molecule has 0 aromatic carbocycles. The summed E-state index contributed by atoms with van der Waals surface area (Å²) in [5.41, 5.74) is 0. The molecule has 0 unspecified atom stereocenters. The van der Waals surface area contributed by atoms with Crippen LogP contribution in [0.25, 0.3) is 0 Å². The summed E-state index contributed by atoms with van der Waals surface area (Å²) in [7, 11) is 0. The third-order valence-electron chi connectivity index (χ3n) is 1.36. The Hall–Kier alpha value is -0.240. The summed E-state index contributed by atoms with van der Waals surface area (Å²) in [4.78, 5) is 9.71. The van der Waals surface area contributed by atoms with E-state index in [0.717, 1.165) is 19.3 Å². The van der Waals surface area contributed by atoms with Crippen LogP contribution in [0.5, 0.6) is 0 Å². The van der Waals surface area contributed by atoms with Crippen molar-refractivity contribution in [2.45, 2.75) is 24.3 Å². The lowest BCUT2D eigenvalue weighted by atomic mass is 9.95. The molecule has 0 N–H and O–H groups in total. The molecule has 1 aliphatic rings. The Bertz CT molecular complexity index is 98.6. The van der Waals surface area contributed by atoms with Crippen LogP contribution in [0, 0.1) is 0 Å². The van der Waals surface area contributed by atoms with Crippen molar-refractivity contribution in [2.75, 3.05) is 0 Å². The van der Waals surface area contributed by atoms with E-state index in [0.29, 0.717) is 6.47 Å². The molecular formula is C5H7ClO2. The molecule has 3 heteroatoms. The second-order valence-corrected chi connectivity index (χ2v) is 2.64. The molecule has 0 heterocycles. The van der Waals surface area contributed by atoms with E-state index in [1.807, 2.05) is 0 Å². The topological polar surface area (TPSA) is 26.3 Å². The average molecular weight is 135 g/mol. The van der Waals surface area contributed by atoms with Crippen molar-refractivity contribution in [2.24, 2.45) is 0 Å². The van der Waals surface area contributed by atoms with E-state index in [-0.39, 0.29) is 0 Å². The second kappa shape index (κ2) is 1.94. The maximum atomic E-state index is 9.71. The molecule has 1 fully saturated rings. The van der Waals surface area contributed by atoms with Crippen LogP contribution in [0.2, 0.25) is 0 Å². The number of alkyl halides is 1. The Morgan fingerprint density at radius 1 is 1.62 bits per heavy atom. The summed E-state index contributed by atoms with van der Waals surface area (Å²) >= 11 is 5.65. The Kier molecular flexibility index (Phi) is 1.43. The Morgan fingerprint density at radius 2 is 2.25 bits per heavy atom. The summed E-state index contributed by atoms with van der Waals surface area (Å²) in [5, 5.41) is -0.623. The average Bonchev–Trinajstić information content (AvgIpc) is 1.64. The number of halogens is 1. The van der Waals surface area contributed by atoms with E-state index >= 15 is 0 Å². The van der Waals surface area contributed by atoms with Gasteiger partial charge in [0, 0.05) is 12.8 Å². The van der Waals surface area contributed by atoms with Crippen LogP contribution in [0.3, 0.4) is 0 Å². The lowest BCUT2D eigenvalue weighted by molar-refractivity contribution is -0.141. The minimum absolute atomic E-state index is 0.409. The molecule has 8 heavy (non-hydrogen) atoms. The van der Waals surface area contributed by atoms with Gasteiger partial charge in [0.05, 0.1) is 0 Å². The highest BCUT2D eigenvalue weighted by atomic mass is 35.5.